The minimum absolute atomic E-state index is 0.0429. The van der Waals surface area contributed by atoms with Crippen molar-refractivity contribution in [1.82, 2.24) is 9.80 Å². The van der Waals surface area contributed by atoms with Gasteiger partial charge in [0.2, 0.25) is 0 Å². The van der Waals surface area contributed by atoms with Gasteiger partial charge in [-0.25, -0.2) is 0 Å². The summed E-state index contributed by atoms with van der Waals surface area (Å²) in [7, 11) is 1.66. The van der Waals surface area contributed by atoms with Crippen molar-refractivity contribution in [2.24, 2.45) is 0 Å². The third kappa shape index (κ3) is 3.47. The molecule has 3 amide bonds. The van der Waals surface area contributed by atoms with Crippen molar-refractivity contribution >= 4 is 17.7 Å². The van der Waals surface area contributed by atoms with Gasteiger partial charge in [0.1, 0.15) is 5.76 Å². The molecule has 1 aliphatic heterocycles. The summed E-state index contributed by atoms with van der Waals surface area (Å²) in [5.41, 5.74) is 2.24. The number of carbonyl (C=O) groups excluding carboxylic acids is 3. The minimum atomic E-state index is -0.448. The Hall–Kier alpha value is -4.18. The van der Waals surface area contributed by atoms with E-state index in [0.29, 0.717) is 23.4 Å². The molecule has 0 saturated carbocycles. The van der Waals surface area contributed by atoms with Crippen LogP contribution in [-0.4, -0.2) is 34.6 Å². The average molecular weight is 399 g/mol. The summed E-state index contributed by atoms with van der Waals surface area (Å²) < 4.78 is 5.23. The molecule has 1 aliphatic rings. The van der Waals surface area contributed by atoms with Gasteiger partial charge in [-0.1, -0.05) is 12.1 Å². The lowest BCUT2D eigenvalue weighted by Gasteiger charge is -2.17. The molecule has 30 heavy (non-hydrogen) atoms. The molecule has 0 fully saturated rings. The number of hydrogen-bond donors (Lipinski definition) is 0. The predicted octanol–water partition coefficient (Wildman–Crippen LogP) is 3.22. The van der Waals surface area contributed by atoms with E-state index in [-0.39, 0.29) is 23.6 Å². The van der Waals surface area contributed by atoms with E-state index in [9.17, 15) is 14.4 Å². The van der Waals surface area contributed by atoms with Crippen LogP contribution < -0.4 is 0 Å². The van der Waals surface area contributed by atoms with Crippen LogP contribution in [0.5, 0.6) is 0 Å². The first kappa shape index (κ1) is 19.2. The number of amides is 3. The number of imide groups is 1. The van der Waals surface area contributed by atoms with Crippen molar-refractivity contribution in [1.29, 1.82) is 5.26 Å². The molecule has 2 aromatic carbocycles. The van der Waals surface area contributed by atoms with E-state index in [2.05, 4.69) is 6.07 Å². The van der Waals surface area contributed by atoms with Gasteiger partial charge < -0.3 is 9.32 Å². The molecule has 3 aromatic rings. The summed E-state index contributed by atoms with van der Waals surface area (Å²) in [5.74, 6) is -0.623. The number of furan rings is 1. The summed E-state index contributed by atoms with van der Waals surface area (Å²) >= 11 is 0. The number of hydrogen-bond acceptors (Lipinski definition) is 5. The van der Waals surface area contributed by atoms with Gasteiger partial charge in [-0.3, -0.25) is 19.3 Å². The van der Waals surface area contributed by atoms with Crippen LogP contribution in [0, 0.1) is 11.3 Å². The molecule has 0 radical (unpaired) electrons. The summed E-state index contributed by atoms with van der Waals surface area (Å²) in [4.78, 5) is 40.8. The minimum Gasteiger partial charge on any atom is -0.467 e. The number of fused-ring (bicyclic) bond motifs is 1. The standard InChI is InChI=1S/C23H17N3O4/c1-25(13-16-6-4-15(12-24)5-7-16)21(27)17-8-9-19-20(11-17)23(29)26(22(19)28)14-18-3-2-10-30-18/h2-11H,13-14H2,1H3. The monoisotopic (exact) mass is 399 g/mol. The molecular formula is C23H17N3O4. The highest BCUT2D eigenvalue weighted by atomic mass is 16.3. The van der Waals surface area contributed by atoms with Crippen molar-refractivity contribution in [2.75, 3.05) is 7.05 Å². The third-order valence-corrected chi connectivity index (χ3v) is 4.96. The lowest BCUT2D eigenvalue weighted by Crippen LogP contribution is -2.29. The van der Waals surface area contributed by atoms with Crippen LogP contribution in [0.2, 0.25) is 0 Å². The van der Waals surface area contributed by atoms with Crippen LogP contribution in [-0.2, 0) is 13.1 Å². The van der Waals surface area contributed by atoms with Crippen LogP contribution in [0.25, 0.3) is 0 Å². The Labute approximate surface area is 172 Å². The second-order valence-electron chi connectivity index (χ2n) is 7.01. The largest absolute Gasteiger partial charge is 0.467 e. The maximum Gasteiger partial charge on any atom is 0.261 e. The zero-order chi connectivity index (χ0) is 21.3. The third-order valence-electron chi connectivity index (χ3n) is 4.96. The van der Waals surface area contributed by atoms with Crippen molar-refractivity contribution in [3.8, 4) is 6.07 Å². The quantitative estimate of drug-likeness (QED) is 0.614. The van der Waals surface area contributed by atoms with E-state index in [1.807, 2.05) is 0 Å². The molecule has 148 valence electrons. The highest BCUT2D eigenvalue weighted by Gasteiger charge is 2.36. The van der Waals surface area contributed by atoms with Gasteiger partial charge in [0, 0.05) is 19.2 Å². The summed E-state index contributed by atoms with van der Waals surface area (Å²) in [5, 5.41) is 8.88. The van der Waals surface area contributed by atoms with E-state index in [1.165, 1.54) is 23.3 Å². The van der Waals surface area contributed by atoms with Crippen LogP contribution in [0.3, 0.4) is 0 Å². The zero-order valence-corrected chi connectivity index (χ0v) is 16.2. The normalized spacial score (nSPS) is 12.6. The van der Waals surface area contributed by atoms with Crippen LogP contribution in [0.4, 0.5) is 0 Å². The molecule has 0 bridgehead atoms. The van der Waals surface area contributed by atoms with Crippen molar-refractivity contribution < 1.29 is 18.8 Å². The molecule has 0 unspecified atom stereocenters. The fourth-order valence-corrected chi connectivity index (χ4v) is 3.38. The fraction of sp³-hybridized carbons (Fsp3) is 0.130. The summed E-state index contributed by atoms with van der Waals surface area (Å²) in [6.45, 7) is 0.389. The number of nitriles is 1. The number of carbonyl (C=O) groups is 3. The highest BCUT2D eigenvalue weighted by Crippen LogP contribution is 2.26. The first-order valence-corrected chi connectivity index (χ1v) is 9.25. The van der Waals surface area contributed by atoms with Gasteiger partial charge in [-0.2, -0.15) is 5.26 Å². The van der Waals surface area contributed by atoms with Crippen molar-refractivity contribution in [3.63, 3.8) is 0 Å². The molecule has 0 atom stereocenters. The highest BCUT2D eigenvalue weighted by molar-refractivity contribution is 6.22. The lowest BCUT2D eigenvalue weighted by molar-refractivity contribution is 0.0631. The van der Waals surface area contributed by atoms with Gasteiger partial charge in [0.05, 0.1) is 35.6 Å². The maximum absolute atomic E-state index is 12.8. The van der Waals surface area contributed by atoms with E-state index < -0.39 is 11.8 Å². The Morgan fingerprint density at radius 1 is 1.07 bits per heavy atom. The van der Waals surface area contributed by atoms with Crippen molar-refractivity contribution in [3.05, 3.63) is 94.4 Å². The van der Waals surface area contributed by atoms with Gasteiger partial charge in [-0.15, -0.1) is 0 Å². The number of nitrogens with zero attached hydrogens (tertiary/aromatic N) is 3. The number of benzene rings is 2. The summed E-state index contributed by atoms with van der Waals surface area (Å²) in [6, 6.07) is 16.9. The Morgan fingerprint density at radius 3 is 2.47 bits per heavy atom. The van der Waals surface area contributed by atoms with E-state index in [1.54, 1.807) is 49.5 Å². The zero-order valence-electron chi connectivity index (χ0n) is 16.2. The Bertz CT molecular complexity index is 1170. The smallest absolute Gasteiger partial charge is 0.261 e. The summed E-state index contributed by atoms with van der Waals surface area (Å²) in [6.07, 6.45) is 1.48. The second-order valence-corrected chi connectivity index (χ2v) is 7.01. The van der Waals surface area contributed by atoms with Gasteiger partial charge in [0.15, 0.2) is 0 Å². The first-order valence-electron chi connectivity index (χ1n) is 9.25. The fourth-order valence-electron chi connectivity index (χ4n) is 3.38. The lowest BCUT2D eigenvalue weighted by atomic mass is 10.0. The Balaban J connectivity index is 1.52. The first-order chi connectivity index (χ1) is 14.5. The average Bonchev–Trinajstić information content (AvgIpc) is 3.36. The molecule has 2 heterocycles. The van der Waals surface area contributed by atoms with Gasteiger partial charge in [0.25, 0.3) is 17.7 Å². The molecule has 4 rings (SSSR count). The topological polar surface area (TPSA) is 94.6 Å². The second kappa shape index (κ2) is 7.68. The molecule has 7 nitrogen and oxygen atoms in total. The van der Waals surface area contributed by atoms with E-state index in [4.69, 9.17) is 9.68 Å². The molecule has 0 aliphatic carbocycles. The van der Waals surface area contributed by atoms with E-state index in [0.717, 1.165) is 10.5 Å². The van der Waals surface area contributed by atoms with E-state index >= 15 is 0 Å². The molecule has 1 aromatic heterocycles. The molecule has 0 saturated heterocycles. The van der Waals surface area contributed by atoms with Crippen LogP contribution in [0.15, 0.2) is 65.3 Å². The molecule has 0 N–H and O–H groups in total. The SMILES string of the molecule is CN(Cc1ccc(C#N)cc1)C(=O)c1ccc2c(c1)C(=O)N(Cc1ccco1)C2=O. The van der Waals surface area contributed by atoms with Crippen molar-refractivity contribution in [2.45, 2.75) is 13.1 Å². The van der Waals surface area contributed by atoms with Crippen LogP contribution >= 0.6 is 0 Å². The maximum atomic E-state index is 12.8. The predicted molar refractivity (Wildman–Crippen MR) is 106 cm³/mol. The Kier molecular flexibility index (Phi) is 4.90. The molecular weight excluding hydrogens is 382 g/mol. The van der Waals surface area contributed by atoms with Crippen LogP contribution in [0.1, 0.15) is 48.0 Å². The molecule has 0 spiro atoms. The van der Waals surface area contributed by atoms with Gasteiger partial charge >= 0.3 is 0 Å². The number of rotatable bonds is 5. The van der Waals surface area contributed by atoms with Gasteiger partial charge in [-0.05, 0) is 48.0 Å². The molecule has 7 heteroatoms. The Morgan fingerprint density at radius 2 is 1.80 bits per heavy atom.